The van der Waals surface area contributed by atoms with Gasteiger partial charge in [0.1, 0.15) is 6.10 Å². The van der Waals surface area contributed by atoms with Crippen molar-refractivity contribution in [3.63, 3.8) is 0 Å². The number of nitrogens with two attached hydrogens (primary N) is 1. The van der Waals surface area contributed by atoms with Crippen molar-refractivity contribution in [3.8, 4) is 0 Å². The molecule has 0 aliphatic carbocycles. The number of anilines is 1. The molecule has 148 valence electrons. The molecule has 0 saturated carbocycles. The normalized spacial score (nSPS) is 18.9. The monoisotopic (exact) mass is 386 g/mol. The maximum absolute atomic E-state index is 13.0. The highest BCUT2D eigenvalue weighted by Gasteiger charge is 2.47. The van der Waals surface area contributed by atoms with Gasteiger partial charge in [-0.1, -0.05) is 60.7 Å². The minimum absolute atomic E-state index is 0.309. The highest BCUT2D eigenvalue weighted by Crippen LogP contribution is 2.43. The van der Waals surface area contributed by atoms with Crippen LogP contribution in [0.1, 0.15) is 27.9 Å². The van der Waals surface area contributed by atoms with Gasteiger partial charge in [-0.2, -0.15) is 0 Å². The third-order valence-corrected chi connectivity index (χ3v) is 5.89. The predicted octanol–water partition coefficient (Wildman–Crippen LogP) is 4.12. The van der Waals surface area contributed by atoms with Crippen LogP contribution < -0.4 is 5.73 Å². The van der Waals surface area contributed by atoms with E-state index in [9.17, 15) is 4.79 Å². The van der Waals surface area contributed by atoms with Crippen molar-refractivity contribution in [3.05, 3.63) is 102 Å². The zero-order valence-corrected chi connectivity index (χ0v) is 16.6. The fraction of sp³-hybridized carbons (Fsp3) is 0.240. The number of esters is 1. The SMILES string of the molecule is CN1CCC(c2ccccc2)(c2ccccc2)[C@@H](OC(=O)c2ccc(N)cc2)C1. The maximum atomic E-state index is 13.0. The molecule has 4 heteroatoms. The molecule has 3 aromatic rings. The van der Waals surface area contributed by atoms with E-state index in [4.69, 9.17) is 10.5 Å². The molecule has 1 fully saturated rings. The molecule has 29 heavy (non-hydrogen) atoms. The Morgan fingerprint density at radius 1 is 0.931 bits per heavy atom. The van der Waals surface area contributed by atoms with Gasteiger partial charge >= 0.3 is 5.97 Å². The molecule has 2 N–H and O–H groups in total. The molecule has 1 atom stereocenters. The van der Waals surface area contributed by atoms with Gasteiger partial charge in [-0.05, 0) is 55.4 Å². The fourth-order valence-corrected chi connectivity index (χ4v) is 4.31. The van der Waals surface area contributed by atoms with Crippen LogP contribution in [0, 0.1) is 0 Å². The number of nitrogens with zero attached hydrogens (tertiary/aromatic N) is 1. The van der Waals surface area contributed by atoms with Crippen molar-refractivity contribution in [1.29, 1.82) is 0 Å². The second-order valence-electron chi connectivity index (χ2n) is 7.73. The van der Waals surface area contributed by atoms with Crippen molar-refractivity contribution in [2.24, 2.45) is 0 Å². The molecular formula is C25H26N2O2. The summed E-state index contributed by atoms with van der Waals surface area (Å²) in [6.45, 7) is 1.60. The van der Waals surface area contributed by atoms with Crippen LogP contribution >= 0.6 is 0 Å². The van der Waals surface area contributed by atoms with Crippen LogP contribution in [-0.4, -0.2) is 37.1 Å². The van der Waals surface area contributed by atoms with E-state index >= 15 is 0 Å². The fourth-order valence-electron chi connectivity index (χ4n) is 4.31. The molecule has 0 unspecified atom stereocenters. The average molecular weight is 386 g/mol. The molecular weight excluding hydrogens is 360 g/mol. The van der Waals surface area contributed by atoms with Gasteiger partial charge in [-0.15, -0.1) is 0 Å². The number of hydrogen-bond donors (Lipinski definition) is 1. The van der Waals surface area contributed by atoms with Gasteiger partial charge in [0.25, 0.3) is 0 Å². The molecule has 3 aromatic carbocycles. The van der Waals surface area contributed by atoms with E-state index in [2.05, 4.69) is 60.5 Å². The summed E-state index contributed by atoms with van der Waals surface area (Å²) in [5.74, 6) is -0.318. The smallest absolute Gasteiger partial charge is 0.338 e. The summed E-state index contributed by atoms with van der Waals surface area (Å²) < 4.78 is 6.19. The van der Waals surface area contributed by atoms with Crippen molar-refractivity contribution in [2.45, 2.75) is 17.9 Å². The first-order valence-electron chi connectivity index (χ1n) is 9.96. The highest BCUT2D eigenvalue weighted by molar-refractivity contribution is 5.90. The van der Waals surface area contributed by atoms with Crippen LogP contribution in [0.4, 0.5) is 5.69 Å². The molecule has 0 aromatic heterocycles. The van der Waals surface area contributed by atoms with Crippen LogP contribution in [0.5, 0.6) is 0 Å². The summed E-state index contributed by atoms with van der Waals surface area (Å²) in [6.07, 6.45) is 0.563. The highest BCUT2D eigenvalue weighted by atomic mass is 16.5. The third-order valence-electron chi connectivity index (χ3n) is 5.89. The van der Waals surface area contributed by atoms with E-state index in [1.165, 1.54) is 11.1 Å². The molecule has 0 spiro atoms. The number of hydrogen-bond acceptors (Lipinski definition) is 4. The lowest BCUT2D eigenvalue weighted by atomic mass is 9.66. The second-order valence-corrected chi connectivity index (χ2v) is 7.73. The largest absolute Gasteiger partial charge is 0.456 e. The zero-order chi connectivity index (χ0) is 20.3. The van der Waals surface area contributed by atoms with Crippen molar-refractivity contribution in [2.75, 3.05) is 25.9 Å². The number of likely N-dealkylation sites (tertiary alicyclic amines) is 1. The Hall–Kier alpha value is -3.11. The standard InChI is InChI=1S/C25H26N2O2/c1-27-17-16-25(20-8-4-2-5-9-20,21-10-6-3-7-11-21)23(18-27)29-24(28)19-12-14-22(26)15-13-19/h2-15,23H,16-18,26H2,1H3/t23-/m0/s1. The number of nitrogen functional groups attached to an aromatic ring is 1. The van der Waals surface area contributed by atoms with E-state index in [1.54, 1.807) is 24.3 Å². The van der Waals surface area contributed by atoms with Crippen LogP contribution in [0.25, 0.3) is 0 Å². The van der Waals surface area contributed by atoms with Crippen molar-refractivity contribution >= 4 is 11.7 Å². The summed E-state index contributed by atoms with van der Waals surface area (Å²) in [5.41, 5.74) is 8.87. The van der Waals surface area contributed by atoms with Gasteiger partial charge < -0.3 is 15.4 Å². The first-order chi connectivity index (χ1) is 14.1. The molecule has 4 nitrogen and oxygen atoms in total. The van der Waals surface area contributed by atoms with E-state index in [-0.39, 0.29) is 12.1 Å². The molecule has 0 radical (unpaired) electrons. The number of piperidine rings is 1. The second kappa shape index (κ2) is 8.10. The summed E-state index contributed by atoms with van der Waals surface area (Å²) >= 11 is 0. The van der Waals surface area contributed by atoms with Gasteiger partial charge in [0.15, 0.2) is 0 Å². The Morgan fingerprint density at radius 2 is 1.48 bits per heavy atom. The minimum Gasteiger partial charge on any atom is -0.456 e. The van der Waals surface area contributed by atoms with E-state index in [0.717, 1.165) is 13.0 Å². The predicted molar refractivity (Wildman–Crippen MR) is 116 cm³/mol. The Labute approximate surface area is 171 Å². The van der Waals surface area contributed by atoms with Gasteiger partial charge in [0.05, 0.1) is 11.0 Å². The van der Waals surface area contributed by atoms with Crippen LogP contribution in [0.3, 0.4) is 0 Å². The van der Waals surface area contributed by atoms with Crippen LogP contribution in [0.15, 0.2) is 84.9 Å². The van der Waals surface area contributed by atoms with Gasteiger partial charge in [-0.25, -0.2) is 4.79 Å². The molecule has 1 saturated heterocycles. The van der Waals surface area contributed by atoms with E-state index in [1.807, 2.05) is 12.1 Å². The topological polar surface area (TPSA) is 55.6 Å². The summed E-state index contributed by atoms with van der Waals surface area (Å²) in [6, 6.07) is 27.7. The Bertz CT molecular complexity index is 916. The summed E-state index contributed by atoms with van der Waals surface area (Å²) in [5, 5.41) is 0. The molecule has 1 aliphatic heterocycles. The molecule has 0 bridgehead atoms. The lowest BCUT2D eigenvalue weighted by Gasteiger charge is -2.47. The number of rotatable bonds is 4. The van der Waals surface area contributed by atoms with Crippen LogP contribution in [0.2, 0.25) is 0 Å². The maximum Gasteiger partial charge on any atom is 0.338 e. The molecule has 4 rings (SSSR count). The van der Waals surface area contributed by atoms with Crippen LogP contribution in [-0.2, 0) is 10.2 Å². The summed E-state index contributed by atoms with van der Waals surface area (Å²) in [4.78, 5) is 15.2. The molecule has 1 heterocycles. The first kappa shape index (κ1) is 19.2. The van der Waals surface area contributed by atoms with Gasteiger partial charge in [0, 0.05) is 12.2 Å². The van der Waals surface area contributed by atoms with E-state index < -0.39 is 5.41 Å². The zero-order valence-electron chi connectivity index (χ0n) is 16.6. The first-order valence-corrected chi connectivity index (χ1v) is 9.96. The Kier molecular flexibility index (Phi) is 5.36. The van der Waals surface area contributed by atoms with Crippen molar-refractivity contribution in [1.82, 2.24) is 4.90 Å². The number of carbonyl (C=O) groups is 1. The quantitative estimate of drug-likeness (QED) is 0.541. The van der Waals surface area contributed by atoms with Gasteiger partial charge in [-0.3, -0.25) is 0 Å². The number of likely N-dealkylation sites (N-methyl/N-ethyl adjacent to an activating group) is 1. The molecule has 0 amide bonds. The average Bonchev–Trinajstić information content (AvgIpc) is 2.76. The lowest BCUT2D eigenvalue weighted by molar-refractivity contribution is -0.0161. The number of carbonyl (C=O) groups excluding carboxylic acids is 1. The minimum atomic E-state index is -0.390. The lowest BCUT2D eigenvalue weighted by Crippen LogP contribution is -2.54. The van der Waals surface area contributed by atoms with E-state index in [0.29, 0.717) is 17.8 Å². The van der Waals surface area contributed by atoms with Crippen molar-refractivity contribution < 1.29 is 9.53 Å². The van der Waals surface area contributed by atoms with Gasteiger partial charge in [0.2, 0.25) is 0 Å². The Balaban J connectivity index is 1.77. The Morgan fingerprint density at radius 3 is 2.03 bits per heavy atom. The number of benzene rings is 3. The summed E-state index contributed by atoms with van der Waals surface area (Å²) in [7, 11) is 2.07. The number of ether oxygens (including phenoxy) is 1. The molecule has 1 aliphatic rings. The third kappa shape index (κ3) is 3.76.